The Labute approximate surface area is 182 Å². The lowest BCUT2D eigenvalue weighted by Gasteiger charge is -2.05. The van der Waals surface area contributed by atoms with Crippen LogP contribution in [0.15, 0.2) is 85.3 Å². The van der Waals surface area contributed by atoms with Gasteiger partial charge in [-0.05, 0) is 23.3 Å². The molecule has 0 fully saturated rings. The standard InChI is InChI=1S/C22H24BN2O6/c26-21(28-17-19-9-3-1-4-10-19)24-13-7-15-30-23-31-16-8-14-25-22(27)29-18-20-11-5-2-6-12-20/h1-12,15-16H,13-14,17-18H2,(H,24,26)(H,25,27). The van der Waals surface area contributed by atoms with Gasteiger partial charge in [0, 0.05) is 13.1 Å². The summed E-state index contributed by atoms with van der Waals surface area (Å²) in [7, 11) is 1.09. The Morgan fingerprint density at radius 1 is 0.710 bits per heavy atom. The van der Waals surface area contributed by atoms with Crippen LogP contribution in [0.1, 0.15) is 11.1 Å². The maximum atomic E-state index is 11.5. The maximum absolute atomic E-state index is 11.5. The molecule has 9 heteroatoms. The Morgan fingerprint density at radius 2 is 1.13 bits per heavy atom. The zero-order valence-corrected chi connectivity index (χ0v) is 16.9. The van der Waals surface area contributed by atoms with E-state index >= 15 is 0 Å². The number of ether oxygens (including phenoxy) is 2. The first-order valence-corrected chi connectivity index (χ1v) is 9.56. The quantitative estimate of drug-likeness (QED) is 0.309. The number of hydrogen-bond acceptors (Lipinski definition) is 6. The van der Waals surface area contributed by atoms with Crippen molar-refractivity contribution in [1.82, 2.24) is 10.6 Å². The van der Waals surface area contributed by atoms with E-state index in [4.69, 9.17) is 18.8 Å². The van der Waals surface area contributed by atoms with Crippen LogP contribution in [0.2, 0.25) is 0 Å². The molecule has 161 valence electrons. The van der Waals surface area contributed by atoms with Crippen molar-refractivity contribution in [3.8, 4) is 0 Å². The van der Waals surface area contributed by atoms with E-state index in [2.05, 4.69) is 10.6 Å². The summed E-state index contributed by atoms with van der Waals surface area (Å²) in [5, 5.41) is 5.11. The minimum absolute atomic E-state index is 0.209. The van der Waals surface area contributed by atoms with Crippen molar-refractivity contribution in [2.75, 3.05) is 13.1 Å². The Hall–Kier alpha value is -3.88. The number of alkyl carbamates (subject to hydrolysis) is 2. The molecular formula is C22H24BN2O6. The molecular weight excluding hydrogens is 399 g/mol. The summed E-state index contributed by atoms with van der Waals surface area (Å²) in [6.07, 6.45) is 4.82. The molecule has 2 aromatic carbocycles. The highest BCUT2D eigenvalue weighted by Gasteiger charge is 2.01. The molecule has 0 heterocycles. The summed E-state index contributed by atoms with van der Waals surface area (Å²) in [5.74, 6) is 0. The number of carbonyl (C=O) groups is 2. The lowest BCUT2D eigenvalue weighted by molar-refractivity contribution is 0.140. The molecule has 0 bridgehead atoms. The fourth-order valence-electron chi connectivity index (χ4n) is 2.14. The number of carbonyl (C=O) groups excluding carboxylic acids is 2. The van der Waals surface area contributed by atoms with Gasteiger partial charge in [0.1, 0.15) is 13.2 Å². The van der Waals surface area contributed by atoms with E-state index in [9.17, 15) is 9.59 Å². The second-order valence-electron chi connectivity index (χ2n) is 6.00. The smallest absolute Gasteiger partial charge is 0.533 e. The molecule has 2 aromatic rings. The summed E-state index contributed by atoms with van der Waals surface area (Å²) >= 11 is 0. The molecule has 0 saturated carbocycles. The van der Waals surface area contributed by atoms with Gasteiger partial charge < -0.3 is 29.4 Å². The summed E-state index contributed by atoms with van der Waals surface area (Å²) in [5.41, 5.74) is 1.83. The highest BCUT2D eigenvalue weighted by atomic mass is 16.6. The molecule has 0 aromatic heterocycles. The lowest BCUT2D eigenvalue weighted by atomic mass is 10.2. The average molecular weight is 423 g/mol. The Morgan fingerprint density at radius 3 is 1.55 bits per heavy atom. The minimum Gasteiger partial charge on any atom is -0.533 e. The van der Waals surface area contributed by atoms with Crippen molar-refractivity contribution in [3.63, 3.8) is 0 Å². The van der Waals surface area contributed by atoms with E-state index < -0.39 is 12.2 Å². The molecule has 0 spiro atoms. The topological polar surface area (TPSA) is 95.1 Å². The van der Waals surface area contributed by atoms with Gasteiger partial charge in [-0.25, -0.2) is 9.59 Å². The first kappa shape index (κ1) is 23.4. The van der Waals surface area contributed by atoms with Crippen LogP contribution >= 0.6 is 0 Å². The van der Waals surface area contributed by atoms with Gasteiger partial charge in [-0.3, -0.25) is 0 Å². The van der Waals surface area contributed by atoms with E-state index in [0.29, 0.717) is 0 Å². The van der Waals surface area contributed by atoms with Crippen LogP contribution in [0.25, 0.3) is 0 Å². The second-order valence-corrected chi connectivity index (χ2v) is 6.00. The van der Waals surface area contributed by atoms with Crippen molar-refractivity contribution in [2.45, 2.75) is 13.2 Å². The van der Waals surface area contributed by atoms with E-state index in [1.807, 2.05) is 60.7 Å². The predicted molar refractivity (Wildman–Crippen MR) is 115 cm³/mol. The molecule has 8 nitrogen and oxygen atoms in total. The predicted octanol–water partition coefficient (Wildman–Crippen LogP) is 3.43. The van der Waals surface area contributed by atoms with Gasteiger partial charge in [0.2, 0.25) is 0 Å². The van der Waals surface area contributed by atoms with Crippen molar-refractivity contribution < 1.29 is 28.4 Å². The molecule has 2 rings (SSSR count). The molecule has 0 saturated heterocycles. The molecule has 2 N–H and O–H groups in total. The van der Waals surface area contributed by atoms with Crippen LogP contribution in [0.3, 0.4) is 0 Å². The number of nitrogens with one attached hydrogen (secondary N) is 2. The first-order valence-electron chi connectivity index (χ1n) is 9.56. The molecule has 2 amide bonds. The van der Waals surface area contributed by atoms with Crippen molar-refractivity contribution >= 4 is 19.9 Å². The van der Waals surface area contributed by atoms with Gasteiger partial charge in [0.25, 0.3) is 0 Å². The fraction of sp³-hybridized carbons (Fsp3) is 0.182. The minimum atomic E-state index is -0.522. The van der Waals surface area contributed by atoms with E-state index in [-0.39, 0.29) is 26.3 Å². The Bertz CT molecular complexity index is 761. The van der Waals surface area contributed by atoms with Crippen LogP contribution in [-0.2, 0) is 32.0 Å². The van der Waals surface area contributed by atoms with Gasteiger partial charge in [-0.15, -0.1) is 0 Å². The third-order valence-electron chi connectivity index (χ3n) is 3.61. The van der Waals surface area contributed by atoms with Gasteiger partial charge >= 0.3 is 19.9 Å². The average Bonchev–Trinajstić information content (AvgIpc) is 2.81. The highest BCUT2D eigenvalue weighted by molar-refractivity contribution is 6.18. The number of amides is 2. The Kier molecular flexibility index (Phi) is 11.3. The normalized spacial score (nSPS) is 10.5. The number of benzene rings is 2. The van der Waals surface area contributed by atoms with Crippen LogP contribution in [-0.4, -0.2) is 33.0 Å². The monoisotopic (exact) mass is 423 g/mol. The zero-order valence-electron chi connectivity index (χ0n) is 16.9. The molecule has 0 unspecified atom stereocenters. The van der Waals surface area contributed by atoms with Crippen LogP contribution in [0.5, 0.6) is 0 Å². The van der Waals surface area contributed by atoms with Crippen molar-refractivity contribution in [2.24, 2.45) is 0 Å². The summed E-state index contributed by atoms with van der Waals surface area (Å²) in [6, 6.07) is 18.8. The maximum Gasteiger partial charge on any atom is 0.657 e. The van der Waals surface area contributed by atoms with E-state index in [0.717, 1.165) is 18.8 Å². The largest absolute Gasteiger partial charge is 0.657 e. The van der Waals surface area contributed by atoms with Crippen LogP contribution in [0.4, 0.5) is 9.59 Å². The number of rotatable bonds is 12. The van der Waals surface area contributed by atoms with Gasteiger partial charge in [-0.2, -0.15) is 0 Å². The fourth-order valence-corrected chi connectivity index (χ4v) is 2.14. The molecule has 31 heavy (non-hydrogen) atoms. The molecule has 1 radical (unpaired) electrons. The summed E-state index contributed by atoms with van der Waals surface area (Å²) < 4.78 is 20.1. The highest BCUT2D eigenvalue weighted by Crippen LogP contribution is 2.01. The van der Waals surface area contributed by atoms with E-state index in [1.54, 1.807) is 12.2 Å². The van der Waals surface area contributed by atoms with E-state index in [1.165, 1.54) is 12.5 Å². The zero-order chi connectivity index (χ0) is 22.0. The molecule has 0 aliphatic heterocycles. The second kappa shape index (κ2) is 15.0. The van der Waals surface area contributed by atoms with Gasteiger partial charge in [0.05, 0.1) is 12.5 Å². The Balaban J connectivity index is 1.41. The third kappa shape index (κ3) is 11.7. The third-order valence-corrected chi connectivity index (χ3v) is 3.61. The first-order chi connectivity index (χ1) is 15.2. The SMILES string of the molecule is O=C(NCC=CO[B]OC=CCNC(=O)OCc1ccccc1)OCc1ccccc1. The number of hydrogen-bond donors (Lipinski definition) is 2. The summed E-state index contributed by atoms with van der Waals surface area (Å²) in [6.45, 7) is 0.902. The summed E-state index contributed by atoms with van der Waals surface area (Å²) in [4.78, 5) is 23.0. The van der Waals surface area contributed by atoms with Gasteiger partial charge in [-0.1, -0.05) is 60.7 Å². The lowest BCUT2D eigenvalue weighted by Crippen LogP contribution is -2.24. The van der Waals surface area contributed by atoms with Crippen LogP contribution in [0, 0.1) is 0 Å². The molecule has 0 atom stereocenters. The van der Waals surface area contributed by atoms with Crippen molar-refractivity contribution in [1.29, 1.82) is 0 Å². The molecule has 0 aliphatic rings. The van der Waals surface area contributed by atoms with Crippen molar-refractivity contribution in [3.05, 3.63) is 96.5 Å². The van der Waals surface area contributed by atoms with Gasteiger partial charge in [0.15, 0.2) is 0 Å². The molecule has 0 aliphatic carbocycles. The van der Waals surface area contributed by atoms with Crippen LogP contribution < -0.4 is 10.6 Å².